The predicted octanol–water partition coefficient (Wildman–Crippen LogP) is 3.04. The molecule has 0 fully saturated rings. The van der Waals surface area contributed by atoms with Gasteiger partial charge in [0.1, 0.15) is 11.8 Å². The van der Waals surface area contributed by atoms with Crippen LogP contribution in [0.4, 0.5) is 5.69 Å². The van der Waals surface area contributed by atoms with Crippen LogP contribution in [0.25, 0.3) is 11.6 Å². The van der Waals surface area contributed by atoms with Crippen LogP contribution in [0.15, 0.2) is 60.7 Å². The third-order valence-corrected chi connectivity index (χ3v) is 6.81. The number of methoxy groups -OCH3 is 4. The van der Waals surface area contributed by atoms with Crippen molar-refractivity contribution in [1.82, 2.24) is 5.32 Å². The van der Waals surface area contributed by atoms with E-state index in [9.17, 15) is 19.8 Å². The number of aliphatic hydroxyl groups is 1. The molecule has 0 bridgehead atoms. The second-order valence-electron chi connectivity index (χ2n) is 9.46. The largest absolute Gasteiger partial charge is 0.508 e. The average Bonchev–Trinajstić information content (AvgIpc) is 3.25. The number of aromatic hydroxyl groups is 1. The number of aliphatic hydroxyl groups excluding tert-OH is 1. The van der Waals surface area contributed by atoms with Gasteiger partial charge in [-0.3, -0.25) is 9.59 Å². The molecule has 3 aromatic rings. The third-order valence-electron chi connectivity index (χ3n) is 6.81. The number of phenols is 1. The van der Waals surface area contributed by atoms with Gasteiger partial charge in [0.15, 0.2) is 11.5 Å². The molecule has 3 N–H and O–H groups in total. The molecule has 2 atom stereocenters. The maximum atomic E-state index is 13.6. The number of carbonyl (C=O) groups excluding carboxylic acids is 2. The molecular formula is C31H34N2O8. The number of nitrogens with one attached hydrogen (secondary N) is 1. The number of nitrogens with zero attached hydrogens (tertiary/aromatic N) is 1. The fourth-order valence-corrected chi connectivity index (χ4v) is 4.78. The van der Waals surface area contributed by atoms with Gasteiger partial charge in [-0.2, -0.15) is 0 Å². The molecule has 0 saturated heterocycles. The number of rotatable bonds is 12. The number of carbonyl (C=O) groups is 2. The molecule has 1 heterocycles. The average molecular weight is 563 g/mol. The Hall–Kier alpha value is -4.54. The molecule has 0 aliphatic carbocycles. The zero-order chi connectivity index (χ0) is 29.5. The van der Waals surface area contributed by atoms with Crippen molar-refractivity contribution in [2.45, 2.75) is 18.6 Å². The highest BCUT2D eigenvalue weighted by molar-refractivity contribution is 6.35. The highest BCUT2D eigenvalue weighted by Gasteiger charge is 2.33. The number of hydrogen-bond acceptors (Lipinski definition) is 9. The molecular weight excluding hydrogens is 528 g/mol. The Morgan fingerprint density at radius 1 is 0.976 bits per heavy atom. The summed E-state index contributed by atoms with van der Waals surface area (Å²) in [6, 6.07) is 16.7. The Morgan fingerprint density at radius 3 is 2.24 bits per heavy atom. The minimum Gasteiger partial charge on any atom is -0.508 e. The maximum Gasteiger partial charge on any atom is 0.323 e. The zero-order valence-electron chi connectivity index (χ0n) is 23.4. The smallest absolute Gasteiger partial charge is 0.323 e. The molecule has 1 aliphatic rings. The van der Waals surface area contributed by atoms with Crippen LogP contribution in [0.3, 0.4) is 0 Å². The van der Waals surface area contributed by atoms with Crippen molar-refractivity contribution in [3.05, 3.63) is 77.4 Å². The third kappa shape index (κ3) is 6.62. The molecule has 41 heavy (non-hydrogen) atoms. The summed E-state index contributed by atoms with van der Waals surface area (Å²) in [7, 11) is 5.87. The molecule has 3 aromatic carbocycles. The van der Waals surface area contributed by atoms with Crippen molar-refractivity contribution in [3.8, 4) is 23.0 Å². The van der Waals surface area contributed by atoms with Gasteiger partial charge in [0, 0.05) is 17.7 Å². The van der Waals surface area contributed by atoms with Crippen LogP contribution in [0.2, 0.25) is 0 Å². The number of anilines is 1. The molecule has 1 amide bonds. The number of fused-ring (bicyclic) bond motifs is 1. The number of ether oxygens (including phenoxy) is 4. The van der Waals surface area contributed by atoms with Crippen LogP contribution < -0.4 is 24.4 Å². The summed E-state index contributed by atoms with van der Waals surface area (Å²) in [6.45, 7) is 0.0399. The number of hydrogen-bond donors (Lipinski definition) is 3. The first-order valence-corrected chi connectivity index (χ1v) is 13.0. The van der Waals surface area contributed by atoms with E-state index >= 15 is 0 Å². The summed E-state index contributed by atoms with van der Waals surface area (Å²) < 4.78 is 21.2. The summed E-state index contributed by atoms with van der Waals surface area (Å²) in [5, 5.41) is 23.5. The van der Waals surface area contributed by atoms with E-state index in [0.29, 0.717) is 40.5 Å². The molecule has 0 radical (unpaired) electrons. The number of esters is 1. The quantitative estimate of drug-likeness (QED) is 0.226. The Morgan fingerprint density at radius 2 is 1.63 bits per heavy atom. The Balaban J connectivity index is 1.52. The van der Waals surface area contributed by atoms with Crippen molar-refractivity contribution < 1.29 is 38.7 Å². The highest BCUT2D eigenvalue weighted by Crippen LogP contribution is 2.41. The highest BCUT2D eigenvalue weighted by atomic mass is 16.5. The second kappa shape index (κ2) is 13.2. The van der Waals surface area contributed by atoms with Gasteiger partial charge in [0.25, 0.3) is 5.91 Å². The lowest BCUT2D eigenvalue weighted by atomic mass is 10.0. The lowest BCUT2D eigenvalue weighted by Gasteiger charge is -2.23. The zero-order valence-corrected chi connectivity index (χ0v) is 23.4. The first kappa shape index (κ1) is 29.4. The van der Waals surface area contributed by atoms with Gasteiger partial charge in [0.2, 0.25) is 5.75 Å². The Labute approximate surface area is 238 Å². The molecule has 10 nitrogen and oxygen atoms in total. The lowest BCUT2D eigenvalue weighted by molar-refractivity contribution is -0.143. The van der Waals surface area contributed by atoms with E-state index in [1.54, 1.807) is 30.3 Å². The van der Waals surface area contributed by atoms with E-state index in [-0.39, 0.29) is 24.7 Å². The fourth-order valence-electron chi connectivity index (χ4n) is 4.78. The minimum atomic E-state index is -0.987. The van der Waals surface area contributed by atoms with Crippen LogP contribution in [-0.4, -0.2) is 75.8 Å². The van der Waals surface area contributed by atoms with Gasteiger partial charge >= 0.3 is 5.97 Å². The van der Waals surface area contributed by atoms with Crippen molar-refractivity contribution in [3.63, 3.8) is 0 Å². The fraction of sp³-hybridized carbons (Fsp3) is 0.290. The van der Waals surface area contributed by atoms with E-state index in [2.05, 4.69) is 5.32 Å². The van der Waals surface area contributed by atoms with E-state index in [0.717, 1.165) is 11.1 Å². The van der Waals surface area contributed by atoms with Crippen molar-refractivity contribution >= 4 is 29.2 Å². The maximum absolute atomic E-state index is 13.6. The van der Waals surface area contributed by atoms with Gasteiger partial charge in [0.05, 0.1) is 46.8 Å². The monoisotopic (exact) mass is 562 g/mol. The Bertz CT molecular complexity index is 1390. The molecule has 1 aliphatic heterocycles. The lowest BCUT2D eigenvalue weighted by Crippen LogP contribution is -2.46. The van der Waals surface area contributed by atoms with E-state index in [1.165, 1.54) is 45.5 Å². The number of β-amino-alcohol motifs (C(OH)–C–C–N with tert-alkyl or cyclic N) is 1. The van der Waals surface area contributed by atoms with Gasteiger partial charge in [-0.25, -0.2) is 0 Å². The molecule has 10 heteroatoms. The predicted molar refractivity (Wildman–Crippen MR) is 154 cm³/mol. The first-order valence-electron chi connectivity index (χ1n) is 13.0. The molecule has 0 spiro atoms. The number of phenolic OH excluding ortho intramolecular Hbond substituents is 1. The number of benzene rings is 3. The molecule has 216 valence electrons. The summed E-state index contributed by atoms with van der Waals surface area (Å²) in [5.74, 6) is 0.742. The van der Waals surface area contributed by atoms with Crippen molar-refractivity contribution in [2.75, 3.05) is 46.4 Å². The molecule has 0 saturated carbocycles. The Kier molecular flexibility index (Phi) is 9.49. The summed E-state index contributed by atoms with van der Waals surface area (Å²) in [4.78, 5) is 27.6. The van der Waals surface area contributed by atoms with Crippen LogP contribution >= 0.6 is 0 Å². The van der Waals surface area contributed by atoms with Gasteiger partial charge in [-0.1, -0.05) is 30.3 Å². The van der Waals surface area contributed by atoms with Crippen molar-refractivity contribution in [1.29, 1.82) is 0 Å². The summed E-state index contributed by atoms with van der Waals surface area (Å²) >= 11 is 0. The van der Waals surface area contributed by atoms with E-state index < -0.39 is 18.1 Å². The van der Waals surface area contributed by atoms with Crippen LogP contribution in [0.5, 0.6) is 23.0 Å². The van der Waals surface area contributed by atoms with Crippen LogP contribution in [0.1, 0.15) is 16.7 Å². The SMILES string of the molecule is COC(=O)[C@H](Cc1ccc(O)cc1)NC[C@@H](O)CN1C(=O)/C(=C\c2cc(OC)c(OC)c(OC)c2)c2ccccc21. The van der Waals surface area contributed by atoms with Crippen molar-refractivity contribution in [2.24, 2.45) is 0 Å². The van der Waals surface area contributed by atoms with E-state index in [4.69, 9.17) is 18.9 Å². The topological polar surface area (TPSA) is 127 Å². The van der Waals surface area contributed by atoms with Gasteiger partial charge in [-0.15, -0.1) is 0 Å². The number of amides is 1. The first-order chi connectivity index (χ1) is 19.8. The standard InChI is InChI=1S/C31H34N2O8/c1-38-27-15-20(16-28(39-2)29(27)40-3)13-24-23-7-5-6-8-26(23)33(30(24)36)18-22(35)17-32-25(31(37)41-4)14-19-9-11-21(34)12-10-19/h5-13,15-16,22,25,32,34-35H,14,17-18H2,1-4H3/b24-13-/t22-,25+/m1/s1. The van der Waals surface area contributed by atoms with Crippen LogP contribution in [0, 0.1) is 0 Å². The second-order valence-corrected chi connectivity index (χ2v) is 9.46. The summed E-state index contributed by atoms with van der Waals surface area (Å²) in [5.41, 5.74) is 3.34. The minimum absolute atomic E-state index is 0.00252. The van der Waals surface area contributed by atoms with Gasteiger partial charge < -0.3 is 39.4 Å². The van der Waals surface area contributed by atoms with Crippen LogP contribution in [-0.2, 0) is 20.7 Å². The number of para-hydroxylation sites is 1. The molecule has 0 aromatic heterocycles. The molecule has 4 rings (SSSR count). The van der Waals surface area contributed by atoms with E-state index in [1.807, 2.05) is 24.3 Å². The summed E-state index contributed by atoms with van der Waals surface area (Å²) in [6.07, 6.45) is 1.06. The van der Waals surface area contributed by atoms with Gasteiger partial charge in [-0.05, 0) is 54.0 Å². The normalized spacial score (nSPS) is 14.9. The molecule has 0 unspecified atom stereocenters.